The fourth-order valence-electron chi connectivity index (χ4n) is 8.72. The number of fused-ring (bicyclic) bond motifs is 1. The van der Waals surface area contributed by atoms with Crippen molar-refractivity contribution >= 4 is 11.6 Å². The highest BCUT2D eigenvalue weighted by molar-refractivity contribution is 5.69. The molecule has 4 bridgehead atoms. The molecule has 4 atom stereocenters. The molecule has 3 aromatic heterocycles. The molecule has 2 unspecified atom stereocenters. The van der Waals surface area contributed by atoms with Crippen molar-refractivity contribution in [3.63, 3.8) is 0 Å². The number of benzene rings is 1. The summed E-state index contributed by atoms with van der Waals surface area (Å²) in [5.41, 5.74) is 5.60. The third-order valence-corrected chi connectivity index (χ3v) is 8.77. The second-order valence-corrected chi connectivity index (χ2v) is 12.7. The number of rotatable bonds is 4. The van der Waals surface area contributed by atoms with Gasteiger partial charge in [-0.2, -0.15) is 0 Å². The predicted octanol–water partition coefficient (Wildman–Crippen LogP) is 6.04. The van der Waals surface area contributed by atoms with Crippen molar-refractivity contribution in [2.75, 3.05) is 5.32 Å². The lowest BCUT2D eigenvalue weighted by molar-refractivity contribution is -0.192. The summed E-state index contributed by atoms with van der Waals surface area (Å²) in [5, 5.41) is 15.2. The van der Waals surface area contributed by atoms with E-state index in [1.54, 1.807) is 0 Å². The Balaban J connectivity index is 1.27. The van der Waals surface area contributed by atoms with E-state index >= 15 is 0 Å². The number of aryl methyl sites for hydroxylation is 1. The predicted molar refractivity (Wildman–Crippen MR) is 142 cm³/mol. The van der Waals surface area contributed by atoms with Gasteiger partial charge in [0.05, 0.1) is 23.2 Å². The van der Waals surface area contributed by atoms with E-state index in [9.17, 15) is 5.11 Å². The first kappa shape index (κ1) is 22.0. The molecule has 4 saturated carbocycles. The SMILES string of the molecule is Cc1cnc(NC23CC4(O)C[C@@](C)(C2)C[C@](C)(C4)C3)nc1-c1cnc2ccc(-c3ccccc3)cn12. The third-order valence-electron chi connectivity index (χ3n) is 8.77. The summed E-state index contributed by atoms with van der Waals surface area (Å²) in [6.45, 7) is 6.76. The highest BCUT2D eigenvalue weighted by Crippen LogP contribution is 2.68. The van der Waals surface area contributed by atoms with Crippen LogP contribution in [0.3, 0.4) is 0 Å². The summed E-state index contributed by atoms with van der Waals surface area (Å²) in [4.78, 5) is 14.4. The van der Waals surface area contributed by atoms with Crippen molar-refractivity contribution in [1.29, 1.82) is 0 Å². The second kappa shape index (κ2) is 7.16. The number of hydrogen-bond acceptors (Lipinski definition) is 5. The maximum absolute atomic E-state index is 11.5. The van der Waals surface area contributed by atoms with Crippen molar-refractivity contribution in [3.8, 4) is 22.5 Å². The van der Waals surface area contributed by atoms with E-state index < -0.39 is 5.60 Å². The minimum absolute atomic E-state index is 0.161. The Morgan fingerprint density at radius 3 is 2.31 bits per heavy atom. The molecule has 1 aromatic carbocycles. The second-order valence-electron chi connectivity index (χ2n) is 12.7. The fraction of sp³-hybridized carbons (Fsp3) is 0.433. The van der Waals surface area contributed by atoms with Gasteiger partial charge in [-0.3, -0.25) is 4.40 Å². The zero-order valence-corrected chi connectivity index (χ0v) is 21.3. The molecule has 2 N–H and O–H groups in total. The normalized spacial score (nSPS) is 32.8. The molecular formula is C30H33N5O. The topological polar surface area (TPSA) is 75.3 Å². The lowest BCUT2D eigenvalue weighted by atomic mass is 9.41. The minimum atomic E-state index is -0.589. The first-order valence-corrected chi connectivity index (χ1v) is 13.0. The van der Waals surface area contributed by atoms with Crippen LogP contribution < -0.4 is 5.32 Å². The molecule has 4 aliphatic rings. The van der Waals surface area contributed by atoms with E-state index in [4.69, 9.17) is 9.97 Å². The van der Waals surface area contributed by atoms with E-state index in [1.807, 2.05) is 18.5 Å². The maximum Gasteiger partial charge on any atom is 0.223 e. The van der Waals surface area contributed by atoms with Gasteiger partial charge in [0.15, 0.2) is 0 Å². The molecule has 0 radical (unpaired) electrons. The molecule has 0 aliphatic heterocycles. The van der Waals surface area contributed by atoms with Crippen LogP contribution in [0, 0.1) is 17.8 Å². The van der Waals surface area contributed by atoms with Crippen LogP contribution in [-0.2, 0) is 0 Å². The van der Waals surface area contributed by atoms with Crippen molar-refractivity contribution in [3.05, 3.63) is 66.6 Å². The number of hydrogen-bond donors (Lipinski definition) is 2. The van der Waals surface area contributed by atoms with E-state index in [1.165, 1.54) is 12.0 Å². The number of pyridine rings is 1. The van der Waals surface area contributed by atoms with Gasteiger partial charge in [-0.1, -0.05) is 44.2 Å². The van der Waals surface area contributed by atoms with Crippen molar-refractivity contribution < 1.29 is 5.11 Å². The van der Waals surface area contributed by atoms with Crippen LogP contribution in [0.25, 0.3) is 28.2 Å². The molecule has 4 aliphatic carbocycles. The van der Waals surface area contributed by atoms with Gasteiger partial charge in [0, 0.05) is 17.9 Å². The van der Waals surface area contributed by atoms with Crippen LogP contribution in [0.2, 0.25) is 0 Å². The molecule has 0 saturated heterocycles. The molecule has 6 heteroatoms. The molecule has 4 aromatic rings. The number of imidazole rings is 1. The maximum atomic E-state index is 11.5. The van der Waals surface area contributed by atoms with Crippen LogP contribution in [0.5, 0.6) is 0 Å². The smallest absolute Gasteiger partial charge is 0.223 e. The summed E-state index contributed by atoms with van der Waals surface area (Å²) in [7, 11) is 0. The van der Waals surface area contributed by atoms with Gasteiger partial charge in [-0.25, -0.2) is 15.0 Å². The summed E-state index contributed by atoms with van der Waals surface area (Å²) in [6.07, 6.45) is 11.8. The van der Waals surface area contributed by atoms with Gasteiger partial charge in [-0.05, 0) is 85.1 Å². The van der Waals surface area contributed by atoms with Crippen LogP contribution >= 0.6 is 0 Å². The summed E-state index contributed by atoms with van der Waals surface area (Å²) < 4.78 is 2.12. The largest absolute Gasteiger partial charge is 0.390 e. The van der Waals surface area contributed by atoms with Crippen molar-refractivity contribution in [2.24, 2.45) is 10.8 Å². The van der Waals surface area contributed by atoms with E-state index in [0.717, 1.165) is 60.3 Å². The van der Waals surface area contributed by atoms with E-state index in [0.29, 0.717) is 5.95 Å². The Kier molecular flexibility index (Phi) is 4.37. The van der Waals surface area contributed by atoms with Crippen LogP contribution in [0.1, 0.15) is 57.9 Å². The molecule has 184 valence electrons. The van der Waals surface area contributed by atoms with Gasteiger partial charge in [-0.15, -0.1) is 0 Å². The molecular weight excluding hydrogens is 446 g/mol. The number of anilines is 1. The molecule has 36 heavy (non-hydrogen) atoms. The summed E-state index contributed by atoms with van der Waals surface area (Å²) in [6, 6.07) is 14.6. The lowest BCUT2D eigenvalue weighted by Crippen LogP contribution is -2.67. The minimum Gasteiger partial charge on any atom is -0.390 e. The first-order chi connectivity index (χ1) is 17.1. The van der Waals surface area contributed by atoms with Crippen molar-refractivity contribution in [1.82, 2.24) is 19.4 Å². The molecule has 0 amide bonds. The first-order valence-electron chi connectivity index (χ1n) is 13.0. The Morgan fingerprint density at radius 2 is 1.58 bits per heavy atom. The highest BCUT2D eigenvalue weighted by atomic mass is 16.3. The molecule has 0 spiro atoms. The standard InChI is InChI=1S/C30H33N5O/c1-20-11-32-26(34-29-15-27(2)14-28(3,16-29)18-30(36,17-27)19-29)33-25(20)23-12-31-24-10-9-22(13-35(23)24)21-7-5-4-6-8-21/h4-13,36H,14-19H2,1-3H3,(H,32,33,34)/t27-,28+,29?,30?. The third kappa shape index (κ3) is 3.46. The molecule has 4 fully saturated rings. The molecule has 3 heterocycles. The summed E-state index contributed by atoms with van der Waals surface area (Å²) in [5.74, 6) is 0.641. The number of aliphatic hydroxyl groups is 1. The van der Waals surface area contributed by atoms with Gasteiger partial charge >= 0.3 is 0 Å². The van der Waals surface area contributed by atoms with Gasteiger partial charge in [0.25, 0.3) is 0 Å². The average molecular weight is 480 g/mol. The molecule has 6 nitrogen and oxygen atoms in total. The van der Waals surface area contributed by atoms with Crippen LogP contribution in [0.15, 0.2) is 61.1 Å². The summed E-state index contributed by atoms with van der Waals surface area (Å²) >= 11 is 0. The van der Waals surface area contributed by atoms with Gasteiger partial charge in [0.2, 0.25) is 5.95 Å². The Hall–Kier alpha value is -3.25. The quantitative estimate of drug-likeness (QED) is 0.373. The Bertz CT molecular complexity index is 1440. The Morgan fingerprint density at radius 1 is 0.833 bits per heavy atom. The number of nitrogens with zero attached hydrogens (tertiary/aromatic N) is 4. The highest BCUT2D eigenvalue weighted by Gasteiger charge is 2.65. The van der Waals surface area contributed by atoms with Gasteiger partial charge < -0.3 is 10.4 Å². The molecule has 8 rings (SSSR count). The Labute approximate surface area is 211 Å². The number of aromatic nitrogens is 4. The number of nitrogens with one attached hydrogen (secondary N) is 1. The zero-order chi connectivity index (χ0) is 24.8. The van der Waals surface area contributed by atoms with E-state index in [-0.39, 0.29) is 16.4 Å². The lowest BCUT2D eigenvalue weighted by Gasteiger charge is -2.68. The van der Waals surface area contributed by atoms with Crippen LogP contribution in [-0.4, -0.2) is 35.6 Å². The van der Waals surface area contributed by atoms with Crippen molar-refractivity contribution in [2.45, 2.75) is 70.4 Å². The zero-order valence-electron chi connectivity index (χ0n) is 21.3. The van der Waals surface area contributed by atoms with Crippen LogP contribution in [0.4, 0.5) is 5.95 Å². The average Bonchev–Trinajstić information content (AvgIpc) is 3.21. The fourth-order valence-corrected chi connectivity index (χ4v) is 8.72. The van der Waals surface area contributed by atoms with E-state index in [2.05, 4.69) is 78.1 Å². The van der Waals surface area contributed by atoms with Gasteiger partial charge in [0.1, 0.15) is 5.65 Å². The monoisotopic (exact) mass is 479 g/mol.